The average molecular weight is 564 g/mol. The maximum absolute atomic E-state index is 13.8. The number of carbonyl (C=O) groups is 2. The zero-order valence-electron chi connectivity index (χ0n) is 21.9. The predicted molar refractivity (Wildman–Crippen MR) is 136 cm³/mol. The van der Waals surface area contributed by atoms with Crippen LogP contribution in [-0.4, -0.2) is 69.5 Å². The van der Waals surface area contributed by atoms with Gasteiger partial charge in [-0.1, -0.05) is 16.8 Å². The third-order valence-corrected chi connectivity index (χ3v) is 8.99. The molecule has 39 heavy (non-hydrogen) atoms. The van der Waals surface area contributed by atoms with E-state index in [9.17, 15) is 18.4 Å². The number of benzene rings is 1. The van der Waals surface area contributed by atoms with Gasteiger partial charge in [-0.15, -0.1) is 5.10 Å². The van der Waals surface area contributed by atoms with E-state index in [1.807, 2.05) is 9.80 Å². The summed E-state index contributed by atoms with van der Waals surface area (Å²) in [4.78, 5) is 30.6. The van der Waals surface area contributed by atoms with Crippen molar-refractivity contribution in [2.24, 2.45) is 18.4 Å². The van der Waals surface area contributed by atoms with Gasteiger partial charge in [0.1, 0.15) is 23.7 Å². The van der Waals surface area contributed by atoms with E-state index >= 15 is 0 Å². The summed E-state index contributed by atoms with van der Waals surface area (Å²) in [6, 6.07) is 2.95. The highest BCUT2D eigenvalue weighted by molar-refractivity contribution is 6.31. The van der Waals surface area contributed by atoms with Gasteiger partial charge in [-0.3, -0.25) is 9.59 Å². The maximum Gasteiger partial charge on any atom is 0.282 e. The van der Waals surface area contributed by atoms with Crippen molar-refractivity contribution in [2.45, 2.75) is 57.6 Å². The number of alkyl halides is 2. The van der Waals surface area contributed by atoms with Gasteiger partial charge in [-0.05, 0) is 55.2 Å². The van der Waals surface area contributed by atoms with Gasteiger partial charge < -0.3 is 19.3 Å². The van der Waals surface area contributed by atoms with Crippen molar-refractivity contribution in [3.8, 4) is 5.75 Å². The molecule has 1 aromatic carbocycles. The third kappa shape index (κ3) is 4.99. The van der Waals surface area contributed by atoms with E-state index in [1.165, 1.54) is 7.05 Å². The standard InChI is InChI=1S/C27H32ClF2N5O4/c1-33-24(25(29)30)19(31-32-33)14-39-21-5-4-18(28)17-6-9-35(26(37)16-3-2-10-38-13-16)20(23(17)21)12-34-15-27(7-8-27)11-22(34)36/h4-5,16,20,25H,2-3,6-15H2,1H3/t16-,20-/m1/s1. The number of aryl methyl sites for hydroxylation is 1. The smallest absolute Gasteiger partial charge is 0.282 e. The molecule has 0 radical (unpaired) electrons. The highest BCUT2D eigenvalue weighted by Gasteiger charge is 2.52. The number of amides is 2. The summed E-state index contributed by atoms with van der Waals surface area (Å²) in [5.74, 6) is 0.288. The molecule has 9 nitrogen and oxygen atoms in total. The Morgan fingerprint density at radius 1 is 1.33 bits per heavy atom. The Bertz CT molecular complexity index is 1280. The molecule has 6 rings (SSSR count). The van der Waals surface area contributed by atoms with Gasteiger partial charge >= 0.3 is 0 Å². The van der Waals surface area contributed by atoms with Crippen LogP contribution in [0.15, 0.2) is 12.1 Å². The first kappa shape index (κ1) is 26.4. The fourth-order valence-corrected chi connectivity index (χ4v) is 6.58. The minimum absolute atomic E-state index is 0.00188. The largest absolute Gasteiger partial charge is 0.487 e. The van der Waals surface area contributed by atoms with Gasteiger partial charge in [0.05, 0.1) is 18.6 Å². The Balaban J connectivity index is 1.34. The number of rotatable bonds is 7. The molecule has 0 unspecified atom stereocenters. The molecule has 2 atom stereocenters. The van der Waals surface area contributed by atoms with Crippen molar-refractivity contribution in [2.75, 3.05) is 32.8 Å². The lowest BCUT2D eigenvalue weighted by Gasteiger charge is -2.42. The lowest BCUT2D eigenvalue weighted by atomic mass is 9.89. The molecule has 3 aliphatic heterocycles. The van der Waals surface area contributed by atoms with E-state index in [4.69, 9.17) is 21.1 Å². The molecule has 0 N–H and O–H groups in total. The Hall–Kier alpha value is -2.79. The van der Waals surface area contributed by atoms with Crippen molar-refractivity contribution in [3.63, 3.8) is 0 Å². The van der Waals surface area contributed by atoms with E-state index in [1.54, 1.807) is 12.1 Å². The SMILES string of the molecule is Cn1nnc(COc2ccc(Cl)c3c2[C@@H](CN2CC4(CC4)CC2=O)N(C(=O)[C@@H]2CCCOC2)CC3)c1C(F)F. The summed E-state index contributed by atoms with van der Waals surface area (Å²) < 4.78 is 40.0. The zero-order chi connectivity index (χ0) is 27.3. The number of fused-ring (bicyclic) bond motifs is 1. The second kappa shape index (κ2) is 10.3. The quantitative estimate of drug-likeness (QED) is 0.508. The van der Waals surface area contributed by atoms with Crippen LogP contribution in [0.1, 0.15) is 67.1 Å². The highest BCUT2D eigenvalue weighted by atomic mass is 35.5. The van der Waals surface area contributed by atoms with Crippen molar-refractivity contribution >= 4 is 23.4 Å². The number of aromatic nitrogens is 3. The number of halogens is 3. The van der Waals surface area contributed by atoms with Crippen LogP contribution in [-0.2, 0) is 34.4 Å². The van der Waals surface area contributed by atoms with Gasteiger partial charge in [0.15, 0.2) is 0 Å². The molecule has 4 aliphatic rings. The topological polar surface area (TPSA) is 89.8 Å². The molecule has 1 aliphatic carbocycles. The molecule has 12 heteroatoms. The normalized spacial score (nSPS) is 24.0. The van der Waals surface area contributed by atoms with Crippen LogP contribution >= 0.6 is 11.6 Å². The molecular weight excluding hydrogens is 532 g/mol. The zero-order valence-corrected chi connectivity index (χ0v) is 22.6. The molecule has 1 spiro atoms. The molecule has 0 bridgehead atoms. The Morgan fingerprint density at radius 2 is 2.15 bits per heavy atom. The third-order valence-electron chi connectivity index (χ3n) is 8.64. The molecule has 2 aromatic rings. The summed E-state index contributed by atoms with van der Waals surface area (Å²) in [7, 11) is 1.41. The number of hydrogen-bond acceptors (Lipinski definition) is 6. The minimum atomic E-state index is -2.75. The minimum Gasteiger partial charge on any atom is -0.487 e. The second-order valence-electron chi connectivity index (χ2n) is 11.2. The first-order valence-electron chi connectivity index (χ1n) is 13.5. The van der Waals surface area contributed by atoms with Gasteiger partial charge in [-0.25, -0.2) is 13.5 Å². The van der Waals surface area contributed by atoms with E-state index in [2.05, 4.69) is 10.3 Å². The van der Waals surface area contributed by atoms with E-state index < -0.39 is 12.5 Å². The van der Waals surface area contributed by atoms with Crippen molar-refractivity contribution in [3.05, 3.63) is 39.7 Å². The lowest BCUT2D eigenvalue weighted by molar-refractivity contribution is -0.144. The molecular formula is C27H32ClF2N5O4. The summed E-state index contributed by atoms with van der Waals surface area (Å²) in [6.45, 7) is 2.28. The number of likely N-dealkylation sites (tertiary alicyclic amines) is 1. The Morgan fingerprint density at radius 3 is 2.85 bits per heavy atom. The Labute approximate surface area is 230 Å². The summed E-state index contributed by atoms with van der Waals surface area (Å²) >= 11 is 6.66. The predicted octanol–water partition coefficient (Wildman–Crippen LogP) is 3.85. The fourth-order valence-electron chi connectivity index (χ4n) is 6.32. The fraction of sp³-hybridized carbons (Fsp3) is 0.630. The molecule has 4 heterocycles. The lowest BCUT2D eigenvalue weighted by Crippen LogP contribution is -2.49. The van der Waals surface area contributed by atoms with Crippen LogP contribution in [0.3, 0.4) is 0 Å². The average Bonchev–Trinajstić information content (AvgIpc) is 3.46. The highest BCUT2D eigenvalue weighted by Crippen LogP contribution is 2.54. The number of ether oxygens (including phenoxy) is 2. The van der Waals surface area contributed by atoms with Crippen LogP contribution in [0.2, 0.25) is 5.02 Å². The number of carbonyl (C=O) groups excluding carboxylic acids is 2. The van der Waals surface area contributed by atoms with E-state index in [0.717, 1.165) is 41.5 Å². The molecule has 210 valence electrons. The molecule has 1 saturated carbocycles. The summed E-state index contributed by atoms with van der Waals surface area (Å²) in [6.07, 6.45) is 1.97. The van der Waals surface area contributed by atoms with Crippen molar-refractivity contribution in [1.29, 1.82) is 0 Å². The first-order chi connectivity index (χ1) is 18.8. The monoisotopic (exact) mass is 563 g/mol. The molecule has 3 fully saturated rings. The maximum atomic E-state index is 13.8. The summed E-state index contributed by atoms with van der Waals surface area (Å²) in [5.41, 5.74) is 1.39. The van der Waals surface area contributed by atoms with Gasteiger partial charge in [0, 0.05) is 50.3 Å². The van der Waals surface area contributed by atoms with Crippen LogP contribution in [0.25, 0.3) is 0 Å². The second-order valence-corrected chi connectivity index (χ2v) is 11.6. The molecule has 2 amide bonds. The van der Waals surface area contributed by atoms with Gasteiger partial charge in [-0.2, -0.15) is 0 Å². The van der Waals surface area contributed by atoms with Crippen LogP contribution in [0.4, 0.5) is 8.78 Å². The Kier molecular flexibility index (Phi) is 6.99. The van der Waals surface area contributed by atoms with Crippen LogP contribution in [0, 0.1) is 11.3 Å². The van der Waals surface area contributed by atoms with Gasteiger partial charge in [0.2, 0.25) is 11.8 Å². The number of hydrogen-bond donors (Lipinski definition) is 0. The molecule has 1 aromatic heterocycles. The number of nitrogens with zero attached hydrogens (tertiary/aromatic N) is 5. The van der Waals surface area contributed by atoms with Crippen molar-refractivity contribution in [1.82, 2.24) is 24.8 Å². The van der Waals surface area contributed by atoms with Crippen LogP contribution < -0.4 is 4.74 Å². The van der Waals surface area contributed by atoms with Gasteiger partial charge in [0.25, 0.3) is 6.43 Å². The first-order valence-corrected chi connectivity index (χ1v) is 13.9. The van der Waals surface area contributed by atoms with Crippen LogP contribution in [0.5, 0.6) is 5.75 Å². The van der Waals surface area contributed by atoms with Crippen molar-refractivity contribution < 1.29 is 27.8 Å². The summed E-state index contributed by atoms with van der Waals surface area (Å²) in [5, 5.41) is 8.15. The van der Waals surface area contributed by atoms with E-state index in [0.29, 0.717) is 56.5 Å². The molecule has 2 saturated heterocycles. The van der Waals surface area contributed by atoms with E-state index in [-0.39, 0.29) is 41.1 Å².